The molecule has 1 fully saturated rings. The van der Waals surface area contributed by atoms with Crippen LogP contribution in [0.15, 0.2) is 12.3 Å². The zero-order chi connectivity index (χ0) is 18.8. The van der Waals surface area contributed by atoms with Crippen molar-refractivity contribution in [2.24, 2.45) is 0 Å². The van der Waals surface area contributed by atoms with Crippen LogP contribution in [-0.4, -0.2) is 61.0 Å². The molecule has 1 aromatic heterocycles. The third-order valence-corrected chi connectivity index (χ3v) is 4.22. The lowest BCUT2D eigenvalue weighted by Gasteiger charge is -2.40. The van der Waals surface area contributed by atoms with Gasteiger partial charge in [0.05, 0.1) is 30.2 Å². The lowest BCUT2D eigenvalue weighted by Crippen LogP contribution is -2.53. The van der Waals surface area contributed by atoms with E-state index in [2.05, 4.69) is 10.3 Å². The number of amides is 1. The zero-order valence-electron chi connectivity index (χ0n) is 15.5. The van der Waals surface area contributed by atoms with Crippen molar-refractivity contribution in [2.45, 2.75) is 45.0 Å². The Morgan fingerprint density at radius 1 is 1.52 bits per heavy atom. The van der Waals surface area contributed by atoms with Gasteiger partial charge in [-0.1, -0.05) is 0 Å². The van der Waals surface area contributed by atoms with E-state index in [-0.39, 0.29) is 6.54 Å². The van der Waals surface area contributed by atoms with Gasteiger partial charge in [-0.05, 0) is 33.3 Å². The summed E-state index contributed by atoms with van der Waals surface area (Å²) < 4.78 is 20.1. The van der Waals surface area contributed by atoms with Crippen molar-refractivity contribution < 1.29 is 13.9 Å². The van der Waals surface area contributed by atoms with Gasteiger partial charge in [-0.25, -0.2) is 14.2 Å². The van der Waals surface area contributed by atoms with Gasteiger partial charge < -0.3 is 25.6 Å². The van der Waals surface area contributed by atoms with E-state index in [4.69, 9.17) is 10.5 Å². The fourth-order valence-electron chi connectivity index (χ4n) is 2.87. The Bertz CT molecular complexity index is 620. The van der Waals surface area contributed by atoms with Gasteiger partial charge in [0, 0.05) is 20.6 Å². The third kappa shape index (κ3) is 4.64. The smallest absolute Gasteiger partial charge is 0.410 e. The number of hydrogen-bond acceptors (Lipinski definition) is 6. The fraction of sp³-hybridized carbons (Fsp3) is 0.647. The number of carbonyl (C=O) groups is 1. The molecule has 1 unspecified atom stereocenters. The normalized spacial score (nSPS) is 21.0. The van der Waals surface area contributed by atoms with Crippen LogP contribution in [-0.2, 0) is 4.74 Å². The Morgan fingerprint density at radius 3 is 2.76 bits per heavy atom. The monoisotopic (exact) mass is 353 g/mol. The number of nitrogens with one attached hydrogen (secondary N) is 1. The molecule has 2 rings (SSSR count). The average molecular weight is 353 g/mol. The molecular weight excluding hydrogens is 325 g/mol. The minimum absolute atomic E-state index is 0.187. The van der Waals surface area contributed by atoms with Crippen molar-refractivity contribution in [2.75, 3.05) is 43.1 Å². The Hall–Kier alpha value is -2.25. The summed E-state index contributed by atoms with van der Waals surface area (Å²) in [6.07, 6.45) is 0.471. The summed E-state index contributed by atoms with van der Waals surface area (Å²) in [5.74, 6) is 0.405. The third-order valence-electron chi connectivity index (χ3n) is 4.22. The number of anilines is 3. The number of halogens is 1. The summed E-state index contributed by atoms with van der Waals surface area (Å²) in [5, 5.41) is 2.97. The standard InChI is InChI=1S/C17H28FN5O2/c1-17(2,3)25-16(24)22(5)14-6-7-23(10-12(14)18)11-8-13(20-4)15(19)21-9-11/h8-9,12,14,20H,6-7,10H2,1-5H3,(H2,19,21)/t12-,14?/m0/s1. The van der Waals surface area contributed by atoms with Gasteiger partial charge in [-0.2, -0.15) is 0 Å². The second-order valence-corrected chi connectivity index (χ2v) is 7.29. The molecule has 2 atom stereocenters. The minimum atomic E-state index is -1.18. The molecule has 1 aliphatic heterocycles. The number of nitrogen functional groups attached to an aromatic ring is 1. The predicted molar refractivity (Wildman–Crippen MR) is 97.7 cm³/mol. The van der Waals surface area contributed by atoms with Crippen LogP contribution < -0.4 is 16.0 Å². The number of aromatic nitrogens is 1. The second kappa shape index (κ2) is 7.33. The number of alkyl halides is 1. The molecule has 1 amide bonds. The fourth-order valence-corrected chi connectivity index (χ4v) is 2.87. The van der Waals surface area contributed by atoms with Crippen molar-refractivity contribution in [1.82, 2.24) is 9.88 Å². The molecule has 7 nitrogen and oxygen atoms in total. The van der Waals surface area contributed by atoms with E-state index in [1.165, 1.54) is 4.90 Å². The van der Waals surface area contributed by atoms with E-state index in [1.807, 2.05) is 11.0 Å². The Kier molecular flexibility index (Phi) is 5.59. The maximum Gasteiger partial charge on any atom is 0.410 e. The van der Waals surface area contributed by atoms with Gasteiger partial charge in [0.25, 0.3) is 0 Å². The molecule has 1 aliphatic rings. The number of ether oxygens (including phenoxy) is 1. The number of nitrogens with two attached hydrogens (primary N) is 1. The largest absolute Gasteiger partial charge is 0.444 e. The molecule has 0 radical (unpaired) electrons. The molecular formula is C17H28FN5O2. The number of rotatable bonds is 3. The molecule has 140 valence electrons. The van der Waals surface area contributed by atoms with Crippen LogP contribution in [0, 0.1) is 0 Å². The highest BCUT2D eigenvalue weighted by atomic mass is 19.1. The highest BCUT2D eigenvalue weighted by Crippen LogP contribution is 2.28. The molecule has 3 N–H and O–H groups in total. The van der Waals surface area contributed by atoms with Crippen molar-refractivity contribution in [3.8, 4) is 0 Å². The van der Waals surface area contributed by atoms with Crippen LogP contribution in [0.25, 0.3) is 0 Å². The molecule has 2 heterocycles. The van der Waals surface area contributed by atoms with Crippen LogP contribution in [0.3, 0.4) is 0 Å². The molecule has 0 aliphatic carbocycles. The molecule has 0 saturated carbocycles. The molecule has 25 heavy (non-hydrogen) atoms. The minimum Gasteiger partial charge on any atom is -0.444 e. The molecule has 0 bridgehead atoms. The van der Waals surface area contributed by atoms with Gasteiger partial charge in [0.15, 0.2) is 0 Å². The van der Waals surface area contributed by atoms with Crippen LogP contribution in [0.5, 0.6) is 0 Å². The highest BCUT2D eigenvalue weighted by Gasteiger charge is 2.36. The molecule has 8 heteroatoms. The first-order chi connectivity index (χ1) is 11.6. The zero-order valence-corrected chi connectivity index (χ0v) is 15.5. The van der Waals surface area contributed by atoms with Gasteiger partial charge in [-0.3, -0.25) is 0 Å². The predicted octanol–water partition coefficient (Wildman–Crippen LogP) is 2.49. The maximum atomic E-state index is 14.7. The van der Waals surface area contributed by atoms with E-state index >= 15 is 0 Å². The Balaban J connectivity index is 2.03. The van der Waals surface area contributed by atoms with Gasteiger partial charge in [-0.15, -0.1) is 0 Å². The first kappa shape index (κ1) is 19.1. The van der Waals surface area contributed by atoms with E-state index in [9.17, 15) is 9.18 Å². The van der Waals surface area contributed by atoms with E-state index in [0.29, 0.717) is 24.5 Å². The molecule has 1 aromatic rings. The quantitative estimate of drug-likeness (QED) is 0.869. The number of hydrogen-bond donors (Lipinski definition) is 2. The van der Waals surface area contributed by atoms with Crippen LogP contribution in [0.1, 0.15) is 27.2 Å². The van der Waals surface area contributed by atoms with Crippen LogP contribution in [0.2, 0.25) is 0 Å². The molecule has 1 saturated heterocycles. The second-order valence-electron chi connectivity index (χ2n) is 7.29. The van der Waals surface area contributed by atoms with Gasteiger partial charge >= 0.3 is 6.09 Å². The lowest BCUT2D eigenvalue weighted by atomic mass is 10.0. The summed E-state index contributed by atoms with van der Waals surface area (Å²) in [6.45, 7) is 6.19. The average Bonchev–Trinajstić information content (AvgIpc) is 2.53. The lowest BCUT2D eigenvalue weighted by molar-refractivity contribution is 0.0106. The maximum absolute atomic E-state index is 14.7. The molecule has 0 spiro atoms. The van der Waals surface area contributed by atoms with E-state index in [1.54, 1.807) is 41.1 Å². The SMILES string of the molecule is CNc1cc(N2CCC(N(C)C(=O)OC(C)(C)C)[C@@H](F)C2)cnc1N. The van der Waals surface area contributed by atoms with Gasteiger partial charge in [0.2, 0.25) is 0 Å². The van der Waals surface area contributed by atoms with Crippen LogP contribution in [0.4, 0.5) is 26.4 Å². The van der Waals surface area contributed by atoms with Gasteiger partial charge in [0.1, 0.15) is 17.6 Å². The Labute approximate surface area is 148 Å². The number of piperidine rings is 1. The highest BCUT2D eigenvalue weighted by molar-refractivity contribution is 5.69. The molecule has 0 aromatic carbocycles. The Morgan fingerprint density at radius 2 is 2.20 bits per heavy atom. The summed E-state index contributed by atoms with van der Waals surface area (Å²) >= 11 is 0. The van der Waals surface area contributed by atoms with Crippen molar-refractivity contribution in [3.63, 3.8) is 0 Å². The number of carbonyl (C=O) groups excluding carboxylic acids is 1. The number of nitrogens with zero attached hydrogens (tertiary/aromatic N) is 3. The summed E-state index contributed by atoms with van der Waals surface area (Å²) in [4.78, 5) is 19.6. The first-order valence-corrected chi connectivity index (χ1v) is 8.40. The summed E-state index contributed by atoms with van der Waals surface area (Å²) in [5.41, 5.74) is 6.69. The van der Waals surface area contributed by atoms with Crippen molar-refractivity contribution >= 4 is 23.3 Å². The summed E-state index contributed by atoms with van der Waals surface area (Å²) in [6, 6.07) is 1.35. The topological polar surface area (TPSA) is 83.7 Å². The van der Waals surface area contributed by atoms with E-state index < -0.39 is 23.9 Å². The van der Waals surface area contributed by atoms with E-state index in [0.717, 1.165) is 5.69 Å². The first-order valence-electron chi connectivity index (χ1n) is 8.40. The van der Waals surface area contributed by atoms with Crippen LogP contribution >= 0.6 is 0 Å². The number of pyridine rings is 1. The van der Waals surface area contributed by atoms with Crippen molar-refractivity contribution in [1.29, 1.82) is 0 Å². The summed E-state index contributed by atoms with van der Waals surface area (Å²) in [7, 11) is 3.35. The van der Waals surface area contributed by atoms with Crippen molar-refractivity contribution in [3.05, 3.63) is 12.3 Å².